The smallest absolute Gasteiger partial charge is 0.337 e. The molecule has 0 heterocycles. The molecule has 23 heavy (non-hydrogen) atoms. The summed E-state index contributed by atoms with van der Waals surface area (Å²) in [6, 6.07) is 5.98. The number of carboxylic acid groups (broad SMARTS) is 1. The Balaban J connectivity index is 2.25. The number of amides is 1. The molecule has 0 aliphatic heterocycles. The standard InChI is InChI=1S/C17H22FNO4/c1-16(23,15(21)22)11-19-14(20)17(8-3-2-4-9-17)12-6-5-7-13(18)10-12/h5-7,10,23H,2-4,8-9,11H2,1H3,(H,19,20)(H,21,22). The van der Waals surface area contributed by atoms with Gasteiger partial charge < -0.3 is 15.5 Å². The van der Waals surface area contributed by atoms with Crippen LogP contribution >= 0.6 is 0 Å². The highest BCUT2D eigenvalue weighted by atomic mass is 19.1. The van der Waals surface area contributed by atoms with Crippen LogP contribution in [0.15, 0.2) is 24.3 Å². The van der Waals surface area contributed by atoms with Gasteiger partial charge in [0, 0.05) is 0 Å². The fourth-order valence-electron chi connectivity index (χ4n) is 3.09. The van der Waals surface area contributed by atoms with E-state index >= 15 is 0 Å². The van der Waals surface area contributed by atoms with E-state index in [-0.39, 0.29) is 5.91 Å². The van der Waals surface area contributed by atoms with Gasteiger partial charge in [-0.15, -0.1) is 0 Å². The molecule has 1 atom stereocenters. The summed E-state index contributed by atoms with van der Waals surface area (Å²) in [4.78, 5) is 23.7. The predicted molar refractivity (Wildman–Crippen MR) is 82.4 cm³/mol. The van der Waals surface area contributed by atoms with E-state index in [4.69, 9.17) is 5.11 Å². The molecule has 1 saturated carbocycles. The molecule has 0 aromatic heterocycles. The molecule has 6 heteroatoms. The summed E-state index contributed by atoms with van der Waals surface area (Å²) in [7, 11) is 0. The highest BCUT2D eigenvalue weighted by molar-refractivity contribution is 5.89. The quantitative estimate of drug-likeness (QED) is 0.773. The minimum absolute atomic E-state index is 0.357. The van der Waals surface area contributed by atoms with Crippen molar-refractivity contribution in [3.05, 3.63) is 35.6 Å². The summed E-state index contributed by atoms with van der Waals surface area (Å²) < 4.78 is 13.6. The monoisotopic (exact) mass is 323 g/mol. The molecule has 1 aliphatic rings. The van der Waals surface area contributed by atoms with Crippen LogP contribution in [0.5, 0.6) is 0 Å². The highest BCUT2D eigenvalue weighted by Crippen LogP contribution is 2.40. The number of rotatable bonds is 5. The van der Waals surface area contributed by atoms with Crippen LogP contribution in [-0.4, -0.2) is 34.2 Å². The van der Waals surface area contributed by atoms with Crippen molar-refractivity contribution < 1.29 is 24.2 Å². The Labute approximate surface area is 134 Å². The maximum absolute atomic E-state index is 13.6. The molecular weight excluding hydrogens is 301 g/mol. The van der Waals surface area contributed by atoms with Gasteiger partial charge in [-0.25, -0.2) is 9.18 Å². The zero-order chi connectivity index (χ0) is 17.1. The minimum Gasteiger partial charge on any atom is -0.479 e. The van der Waals surface area contributed by atoms with Crippen molar-refractivity contribution >= 4 is 11.9 Å². The Morgan fingerprint density at radius 1 is 1.30 bits per heavy atom. The lowest BCUT2D eigenvalue weighted by atomic mass is 9.68. The van der Waals surface area contributed by atoms with Gasteiger partial charge in [0.25, 0.3) is 0 Å². The lowest BCUT2D eigenvalue weighted by molar-refractivity contribution is -0.156. The molecular formula is C17H22FNO4. The minimum atomic E-state index is -2.03. The highest BCUT2D eigenvalue weighted by Gasteiger charge is 2.42. The summed E-state index contributed by atoms with van der Waals surface area (Å²) in [6.45, 7) is 0.740. The summed E-state index contributed by atoms with van der Waals surface area (Å²) in [5.74, 6) is -2.16. The average molecular weight is 323 g/mol. The van der Waals surface area contributed by atoms with Gasteiger partial charge in [0.05, 0.1) is 12.0 Å². The van der Waals surface area contributed by atoms with E-state index in [0.717, 1.165) is 26.2 Å². The molecule has 2 rings (SSSR count). The lowest BCUT2D eigenvalue weighted by Crippen LogP contribution is -2.52. The zero-order valence-corrected chi connectivity index (χ0v) is 13.1. The maximum Gasteiger partial charge on any atom is 0.337 e. The van der Waals surface area contributed by atoms with Gasteiger partial charge in [-0.3, -0.25) is 4.79 Å². The van der Waals surface area contributed by atoms with E-state index in [9.17, 15) is 19.1 Å². The van der Waals surface area contributed by atoms with Crippen LogP contribution in [0.1, 0.15) is 44.6 Å². The van der Waals surface area contributed by atoms with Crippen molar-refractivity contribution in [3.63, 3.8) is 0 Å². The molecule has 0 spiro atoms. The second kappa shape index (κ2) is 6.66. The second-order valence-electron chi connectivity index (χ2n) is 6.41. The van der Waals surface area contributed by atoms with E-state index < -0.39 is 29.3 Å². The summed E-state index contributed by atoms with van der Waals surface area (Å²) in [5, 5.41) is 21.2. The van der Waals surface area contributed by atoms with E-state index in [1.54, 1.807) is 12.1 Å². The van der Waals surface area contributed by atoms with Crippen molar-refractivity contribution in [2.45, 2.75) is 50.0 Å². The number of carbonyl (C=O) groups excluding carboxylic acids is 1. The first-order chi connectivity index (χ1) is 10.8. The molecule has 0 bridgehead atoms. The number of aliphatic carboxylic acids is 1. The molecule has 1 unspecified atom stereocenters. The Kier molecular flexibility index (Phi) is 5.04. The number of hydrogen-bond acceptors (Lipinski definition) is 3. The molecule has 126 valence electrons. The van der Waals surface area contributed by atoms with Crippen LogP contribution in [0.4, 0.5) is 4.39 Å². The molecule has 0 radical (unpaired) electrons. The third-order valence-corrected chi connectivity index (χ3v) is 4.57. The van der Waals surface area contributed by atoms with Crippen LogP contribution in [0, 0.1) is 5.82 Å². The number of hydrogen-bond donors (Lipinski definition) is 3. The van der Waals surface area contributed by atoms with Gasteiger partial charge in [-0.1, -0.05) is 31.4 Å². The zero-order valence-electron chi connectivity index (χ0n) is 13.1. The lowest BCUT2D eigenvalue weighted by Gasteiger charge is -2.37. The summed E-state index contributed by atoms with van der Waals surface area (Å²) >= 11 is 0. The van der Waals surface area contributed by atoms with E-state index in [1.807, 2.05) is 0 Å². The maximum atomic E-state index is 13.6. The van der Waals surface area contributed by atoms with Crippen molar-refractivity contribution in [2.24, 2.45) is 0 Å². The number of halogens is 1. The van der Waals surface area contributed by atoms with Crippen molar-refractivity contribution in [3.8, 4) is 0 Å². The molecule has 1 aromatic carbocycles. The third kappa shape index (κ3) is 3.69. The van der Waals surface area contributed by atoms with Crippen LogP contribution in [0.25, 0.3) is 0 Å². The number of aliphatic hydroxyl groups is 1. The first-order valence-corrected chi connectivity index (χ1v) is 7.78. The number of carboxylic acids is 1. The normalized spacial score (nSPS) is 19.6. The van der Waals surface area contributed by atoms with Gasteiger partial charge in [0.15, 0.2) is 5.60 Å². The predicted octanol–water partition coefficient (Wildman–Crippen LogP) is 1.98. The largest absolute Gasteiger partial charge is 0.479 e. The molecule has 5 nitrogen and oxygen atoms in total. The van der Waals surface area contributed by atoms with E-state index in [0.29, 0.717) is 18.4 Å². The number of benzene rings is 1. The Hall–Kier alpha value is -1.95. The molecule has 1 aromatic rings. The second-order valence-corrected chi connectivity index (χ2v) is 6.41. The summed E-state index contributed by atoms with van der Waals surface area (Å²) in [6.07, 6.45) is 3.87. The van der Waals surface area contributed by atoms with Crippen LogP contribution in [0.3, 0.4) is 0 Å². The third-order valence-electron chi connectivity index (χ3n) is 4.57. The van der Waals surface area contributed by atoms with Crippen molar-refractivity contribution in [2.75, 3.05) is 6.54 Å². The first-order valence-electron chi connectivity index (χ1n) is 7.78. The summed E-state index contributed by atoms with van der Waals surface area (Å²) in [5.41, 5.74) is -2.30. The fraction of sp³-hybridized carbons (Fsp3) is 0.529. The van der Waals surface area contributed by atoms with Gasteiger partial charge in [-0.05, 0) is 37.5 Å². The van der Waals surface area contributed by atoms with Crippen molar-refractivity contribution in [1.29, 1.82) is 0 Å². The van der Waals surface area contributed by atoms with Gasteiger partial charge in [-0.2, -0.15) is 0 Å². The number of carbonyl (C=O) groups is 2. The topological polar surface area (TPSA) is 86.6 Å². The molecule has 1 fully saturated rings. The van der Waals surface area contributed by atoms with Gasteiger partial charge >= 0.3 is 5.97 Å². The van der Waals surface area contributed by atoms with E-state index in [2.05, 4.69) is 5.32 Å². The van der Waals surface area contributed by atoms with Gasteiger partial charge in [0.1, 0.15) is 5.82 Å². The molecule has 1 aliphatic carbocycles. The Morgan fingerprint density at radius 2 is 1.96 bits per heavy atom. The van der Waals surface area contributed by atoms with Crippen LogP contribution in [-0.2, 0) is 15.0 Å². The SMILES string of the molecule is CC(O)(CNC(=O)C1(c2cccc(F)c2)CCCCC1)C(=O)O. The van der Waals surface area contributed by atoms with Crippen LogP contribution < -0.4 is 5.32 Å². The molecule has 0 saturated heterocycles. The fourth-order valence-corrected chi connectivity index (χ4v) is 3.09. The average Bonchev–Trinajstić information content (AvgIpc) is 2.53. The first kappa shape index (κ1) is 17.4. The number of nitrogens with one attached hydrogen (secondary N) is 1. The molecule has 1 amide bonds. The Morgan fingerprint density at radius 3 is 2.52 bits per heavy atom. The van der Waals surface area contributed by atoms with Gasteiger partial charge in [0.2, 0.25) is 5.91 Å². The van der Waals surface area contributed by atoms with Crippen molar-refractivity contribution in [1.82, 2.24) is 5.32 Å². The molecule has 3 N–H and O–H groups in total. The van der Waals surface area contributed by atoms with E-state index in [1.165, 1.54) is 12.1 Å². The Bertz CT molecular complexity index is 594. The van der Waals surface area contributed by atoms with Crippen LogP contribution in [0.2, 0.25) is 0 Å².